The lowest BCUT2D eigenvalue weighted by Crippen LogP contribution is -2.27. The number of hydrogen-bond acceptors (Lipinski definition) is 2. The molecule has 0 bridgehead atoms. The monoisotopic (exact) mass is 229 g/mol. The molecule has 0 spiro atoms. The fourth-order valence-corrected chi connectivity index (χ4v) is 1.50. The summed E-state index contributed by atoms with van der Waals surface area (Å²) in [6.45, 7) is 10.4. The first-order valence-corrected chi connectivity index (χ1v) is 5.80. The second-order valence-electron chi connectivity index (χ2n) is 4.44. The molecule has 1 atom stereocenters. The minimum atomic E-state index is 0.343. The van der Waals surface area contributed by atoms with Crippen LogP contribution in [0.2, 0.25) is 5.02 Å². The van der Waals surface area contributed by atoms with E-state index in [2.05, 4.69) is 31.2 Å². The summed E-state index contributed by atoms with van der Waals surface area (Å²) < 4.78 is 1.92. The van der Waals surface area contributed by atoms with Crippen molar-refractivity contribution < 1.29 is 0 Å². The van der Waals surface area contributed by atoms with Crippen molar-refractivity contribution in [3.63, 3.8) is 0 Å². The van der Waals surface area contributed by atoms with Crippen molar-refractivity contribution >= 4 is 11.6 Å². The standard InChI is InChI=1S/C11H20ClN3/c1-8(2)5-13-6-9(3)15-7-11(12)10(4)14-15/h7-9,13H,5-6H2,1-4H3. The Kier molecular flexibility index (Phi) is 4.61. The summed E-state index contributed by atoms with van der Waals surface area (Å²) in [6, 6.07) is 0.343. The van der Waals surface area contributed by atoms with Crippen molar-refractivity contribution in [3.8, 4) is 0 Å². The van der Waals surface area contributed by atoms with Gasteiger partial charge in [-0.2, -0.15) is 5.10 Å². The van der Waals surface area contributed by atoms with Crippen LogP contribution in [0.4, 0.5) is 0 Å². The van der Waals surface area contributed by atoms with E-state index >= 15 is 0 Å². The van der Waals surface area contributed by atoms with Crippen molar-refractivity contribution in [1.29, 1.82) is 0 Å². The average Bonchev–Trinajstić information content (AvgIpc) is 2.46. The molecule has 0 aliphatic carbocycles. The molecule has 1 unspecified atom stereocenters. The number of nitrogens with zero attached hydrogens (tertiary/aromatic N) is 2. The summed E-state index contributed by atoms with van der Waals surface area (Å²) in [4.78, 5) is 0. The van der Waals surface area contributed by atoms with E-state index in [1.165, 1.54) is 0 Å². The molecule has 1 heterocycles. The van der Waals surface area contributed by atoms with Gasteiger partial charge in [0.05, 0.1) is 16.8 Å². The third-order valence-corrected chi connectivity index (χ3v) is 2.67. The van der Waals surface area contributed by atoms with E-state index in [0.717, 1.165) is 23.8 Å². The molecule has 4 heteroatoms. The summed E-state index contributed by atoms with van der Waals surface area (Å²) in [6.07, 6.45) is 1.89. The first kappa shape index (κ1) is 12.5. The zero-order valence-corrected chi connectivity index (χ0v) is 10.7. The van der Waals surface area contributed by atoms with E-state index in [1.54, 1.807) is 0 Å². The number of nitrogens with one attached hydrogen (secondary N) is 1. The van der Waals surface area contributed by atoms with Crippen LogP contribution < -0.4 is 5.32 Å². The molecule has 0 aromatic carbocycles. The normalized spacial score (nSPS) is 13.5. The lowest BCUT2D eigenvalue weighted by molar-refractivity contribution is 0.433. The minimum Gasteiger partial charge on any atom is -0.314 e. The summed E-state index contributed by atoms with van der Waals surface area (Å²) in [5.41, 5.74) is 0.896. The highest BCUT2D eigenvalue weighted by molar-refractivity contribution is 6.31. The van der Waals surface area contributed by atoms with E-state index in [1.807, 2.05) is 17.8 Å². The van der Waals surface area contributed by atoms with Gasteiger partial charge < -0.3 is 5.32 Å². The smallest absolute Gasteiger partial charge is 0.0815 e. The highest BCUT2D eigenvalue weighted by Gasteiger charge is 2.08. The maximum absolute atomic E-state index is 5.95. The first-order chi connectivity index (χ1) is 7.00. The van der Waals surface area contributed by atoms with Crippen LogP contribution in [0.25, 0.3) is 0 Å². The van der Waals surface area contributed by atoms with Gasteiger partial charge in [-0.3, -0.25) is 4.68 Å². The number of aryl methyl sites for hydroxylation is 1. The third kappa shape index (κ3) is 3.84. The Labute approximate surface area is 96.8 Å². The lowest BCUT2D eigenvalue weighted by atomic mass is 10.2. The Morgan fingerprint density at radius 1 is 1.40 bits per heavy atom. The molecule has 0 fully saturated rings. The second kappa shape index (κ2) is 5.52. The molecule has 0 saturated carbocycles. The van der Waals surface area contributed by atoms with Crippen molar-refractivity contribution in [1.82, 2.24) is 15.1 Å². The fraction of sp³-hybridized carbons (Fsp3) is 0.727. The molecule has 3 nitrogen and oxygen atoms in total. The average molecular weight is 230 g/mol. The zero-order valence-electron chi connectivity index (χ0n) is 9.92. The van der Waals surface area contributed by atoms with Gasteiger partial charge >= 0.3 is 0 Å². The summed E-state index contributed by atoms with van der Waals surface area (Å²) in [5.74, 6) is 0.681. The maximum Gasteiger partial charge on any atom is 0.0815 e. The van der Waals surface area contributed by atoms with Crippen LogP contribution in [0.15, 0.2) is 6.20 Å². The van der Waals surface area contributed by atoms with Crippen LogP contribution in [0.5, 0.6) is 0 Å². The van der Waals surface area contributed by atoms with Gasteiger partial charge in [0.2, 0.25) is 0 Å². The van der Waals surface area contributed by atoms with Gasteiger partial charge in [-0.1, -0.05) is 25.4 Å². The predicted octanol–water partition coefficient (Wildman–Crippen LogP) is 2.65. The van der Waals surface area contributed by atoms with E-state index in [-0.39, 0.29) is 0 Å². The van der Waals surface area contributed by atoms with Crippen molar-refractivity contribution in [2.75, 3.05) is 13.1 Å². The molecule has 0 saturated heterocycles. The lowest BCUT2D eigenvalue weighted by Gasteiger charge is -2.14. The molecule has 1 rings (SSSR count). The van der Waals surface area contributed by atoms with E-state index in [0.29, 0.717) is 12.0 Å². The zero-order chi connectivity index (χ0) is 11.4. The number of hydrogen-bond donors (Lipinski definition) is 1. The topological polar surface area (TPSA) is 29.9 Å². The molecule has 1 aromatic rings. The molecule has 0 aliphatic heterocycles. The molecule has 0 aliphatic rings. The maximum atomic E-state index is 5.95. The fourth-order valence-electron chi connectivity index (χ4n) is 1.36. The van der Waals surface area contributed by atoms with E-state index < -0.39 is 0 Å². The molecule has 15 heavy (non-hydrogen) atoms. The third-order valence-electron chi connectivity index (χ3n) is 2.30. The molecule has 86 valence electrons. The van der Waals surface area contributed by atoms with Gasteiger partial charge in [-0.15, -0.1) is 0 Å². The first-order valence-electron chi connectivity index (χ1n) is 5.42. The Morgan fingerprint density at radius 2 is 2.07 bits per heavy atom. The largest absolute Gasteiger partial charge is 0.314 e. The number of aromatic nitrogens is 2. The molecule has 0 amide bonds. The highest BCUT2D eigenvalue weighted by atomic mass is 35.5. The van der Waals surface area contributed by atoms with Gasteiger partial charge in [-0.05, 0) is 26.3 Å². The number of halogens is 1. The molecular formula is C11H20ClN3. The molecule has 1 N–H and O–H groups in total. The van der Waals surface area contributed by atoms with Crippen molar-refractivity contribution in [3.05, 3.63) is 16.9 Å². The minimum absolute atomic E-state index is 0.343. The Hall–Kier alpha value is -0.540. The molecule has 1 aromatic heterocycles. The van der Waals surface area contributed by atoms with Crippen LogP contribution in [0, 0.1) is 12.8 Å². The van der Waals surface area contributed by atoms with Crippen LogP contribution in [-0.2, 0) is 0 Å². The SMILES string of the molecule is Cc1nn(C(C)CNCC(C)C)cc1Cl. The Bertz CT molecular complexity index is 287. The Balaban J connectivity index is 2.43. The van der Waals surface area contributed by atoms with Gasteiger partial charge in [0.1, 0.15) is 0 Å². The van der Waals surface area contributed by atoms with E-state index in [4.69, 9.17) is 11.6 Å². The van der Waals surface area contributed by atoms with Crippen LogP contribution in [-0.4, -0.2) is 22.9 Å². The molecular weight excluding hydrogens is 210 g/mol. The Morgan fingerprint density at radius 3 is 2.53 bits per heavy atom. The quantitative estimate of drug-likeness (QED) is 0.842. The highest BCUT2D eigenvalue weighted by Crippen LogP contribution is 2.15. The van der Waals surface area contributed by atoms with Crippen molar-refractivity contribution in [2.45, 2.75) is 33.7 Å². The van der Waals surface area contributed by atoms with Crippen molar-refractivity contribution in [2.24, 2.45) is 5.92 Å². The summed E-state index contributed by atoms with van der Waals surface area (Å²) in [7, 11) is 0. The van der Waals surface area contributed by atoms with Gasteiger partial charge in [0, 0.05) is 12.7 Å². The summed E-state index contributed by atoms with van der Waals surface area (Å²) in [5, 5.41) is 8.50. The van der Waals surface area contributed by atoms with Crippen LogP contribution >= 0.6 is 11.6 Å². The van der Waals surface area contributed by atoms with Gasteiger partial charge in [-0.25, -0.2) is 0 Å². The predicted molar refractivity (Wildman–Crippen MR) is 64.4 cm³/mol. The molecule has 0 radical (unpaired) electrons. The van der Waals surface area contributed by atoms with Crippen LogP contribution in [0.3, 0.4) is 0 Å². The summed E-state index contributed by atoms with van der Waals surface area (Å²) >= 11 is 5.95. The van der Waals surface area contributed by atoms with Crippen LogP contribution in [0.1, 0.15) is 32.5 Å². The second-order valence-corrected chi connectivity index (χ2v) is 4.85. The van der Waals surface area contributed by atoms with Gasteiger partial charge in [0.15, 0.2) is 0 Å². The van der Waals surface area contributed by atoms with E-state index in [9.17, 15) is 0 Å². The van der Waals surface area contributed by atoms with Gasteiger partial charge in [0.25, 0.3) is 0 Å². The number of rotatable bonds is 5.